The van der Waals surface area contributed by atoms with Gasteiger partial charge in [0.1, 0.15) is 0 Å². The number of halogens is 2. The van der Waals surface area contributed by atoms with Crippen molar-refractivity contribution in [2.24, 2.45) is 0 Å². The normalized spacial score (nSPS) is 12.4. The van der Waals surface area contributed by atoms with Crippen LogP contribution in [0, 0.1) is 11.6 Å². The van der Waals surface area contributed by atoms with Crippen LogP contribution in [0.2, 0.25) is 0 Å². The molecule has 0 bridgehead atoms. The van der Waals surface area contributed by atoms with E-state index in [2.05, 4.69) is 11.9 Å². The average Bonchev–Trinajstić information content (AvgIpc) is 2.29. The monoisotopic (exact) mass is 225 g/mol. The third-order valence-corrected chi connectivity index (χ3v) is 2.59. The van der Waals surface area contributed by atoms with E-state index in [1.165, 1.54) is 12.1 Å². The molecule has 0 aliphatic heterocycles. The predicted octanol–water partition coefficient (Wildman–Crippen LogP) is 3.06. The van der Waals surface area contributed by atoms with Crippen LogP contribution in [0.15, 0.2) is 30.9 Å². The van der Waals surface area contributed by atoms with Crippen molar-refractivity contribution in [2.75, 3.05) is 7.05 Å². The molecule has 0 radical (unpaired) electrons. The van der Waals surface area contributed by atoms with Gasteiger partial charge in [0.15, 0.2) is 11.6 Å². The molecule has 1 rings (SSSR count). The molecule has 0 saturated carbocycles. The van der Waals surface area contributed by atoms with E-state index in [1.807, 2.05) is 13.1 Å². The molecule has 3 heteroatoms. The van der Waals surface area contributed by atoms with Crippen molar-refractivity contribution in [3.05, 3.63) is 48.1 Å². The van der Waals surface area contributed by atoms with Crippen molar-refractivity contribution in [1.29, 1.82) is 0 Å². The standard InChI is InChI=1S/C13H17F2N/c1-3-4-5-11(16-2)8-10-6-7-12(14)13(15)9-10/h3,6-7,9,11,16H,1,4-5,8H2,2H3. The molecule has 0 aromatic heterocycles. The van der Waals surface area contributed by atoms with E-state index >= 15 is 0 Å². The summed E-state index contributed by atoms with van der Waals surface area (Å²) in [5.74, 6) is -1.58. The highest BCUT2D eigenvalue weighted by molar-refractivity contribution is 5.18. The molecular weight excluding hydrogens is 208 g/mol. The first kappa shape index (κ1) is 12.8. The Bertz CT molecular complexity index is 350. The van der Waals surface area contributed by atoms with Gasteiger partial charge in [-0.05, 0) is 44.0 Å². The molecule has 1 atom stereocenters. The van der Waals surface area contributed by atoms with Crippen LogP contribution >= 0.6 is 0 Å². The maximum atomic E-state index is 13.0. The van der Waals surface area contributed by atoms with Gasteiger partial charge in [-0.1, -0.05) is 12.1 Å². The summed E-state index contributed by atoms with van der Waals surface area (Å²) < 4.78 is 25.7. The van der Waals surface area contributed by atoms with Gasteiger partial charge in [-0.25, -0.2) is 8.78 Å². The second-order valence-corrected chi connectivity index (χ2v) is 3.80. The molecule has 1 N–H and O–H groups in total. The molecule has 0 fully saturated rings. The van der Waals surface area contributed by atoms with Crippen LogP contribution in [0.5, 0.6) is 0 Å². The minimum absolute atomic E-state index is 0.267. The highest BCUT2D eigenvalue weighted by atomic mass is 19.2. The van der Waals surface area contributed by atoms with Gasteiger partial charge in [0.2, 0.25) is 0 Å². The van der Waals surface area contributed by atoms with Crippen LogP contribution in [0.3, 0.4) is 0 Å². The topological polar surface area (TPSA) is 12.0 Å². The van der Waals surface area contributed by atoms with Gasteiger partial charge >= 0.3 is 0 Å². The van der Waals surface area contributed by atoms with E-state index in [0.29, 0.717) is 6.42 Å². The first-order chi connectivity index (χ1) is 7.67. The Kier molecular flexibility index (Phi) is 5.12. The van der Waals surface area contributed by atoms with Crippen molar-refractivity contribution in [3.8, 4) is 0 Å². The lowest BCUT2D eigenvalue weighted by molar-refractivity contribution is 0.498. The van der Waals surface area contributed by atoms with E-state index in [1.54, 1.807) is 6.07 Å². The third-order valence-electron chi connectivity index (χ3n) is 2.59. The molecule has 0 heterocycles. The summed E-state index contributed by atoms with van der Waals surface area (Å²) in [5.41, 5.74) is 0.808. The molecule has 1 unspecified atom stereocenters. The number of hydrogen-bond acceptors (Lipinski definition) is 1. The van der Waals surface area contributed by atoms with Crippen molar-refractivity contribution < 1.29 is 8.78 Å². The lowest BCUT2D eigenvalue weighted by Crippen LogP contribution is -2.27. The number of hydrogen-bond donors (Lipinski definition) is 1. The molecule has 0 aliphatic carbocycles. The van der Waals surface area contributed by atoms with E-state index in [9.17, 15) is 8.78 Å². The maximum absolute atomic E-state index is 13.0. The Morgan fingerprint density at radius 1 is 1.38 bits per heavy atom. The minimum Gasteiger partial charge on any atom is -0.317 e. The van der Waals surface area contributed by atoms with E-state index < -0.39 is 11.6 Å². The zero-order chi connectivity index (χ0) is 12.0. The van der Waals surface area contributed by atoms with Crippen molar-refractivity contribution in [3.63, 3.8) is 0 Å². The molecule has 0 spiro atoms. The fraction of sp³-hybridized carbons (Fsp3) is 0.385. The quantitative estimate of drug-likeness (QED) is 0.734. The van der Waals surface area contributed by atoms with E-state index in [0.717, 1.165) is 18.4 Å². The molecule has 0 aliphatic rings. The number of benzene rings is 1. The Morgan fingerprint density at radius 3 is 2.69 bits per heavy atom. The second-order valence-electron chi connectivity index (χ2n) is 3.80. The number of likely N-dealkylation sites (N-methyl/N-ethyl adjacent to an activating group) is 1. The maximum Gasteiger partial charge on any atom is 0.159 e. The largest absolute Gasteiger partial charge is 0.317 e. The Morgan fingerprint density at radius 2 is 2.12 bits per heavy atom. The predicted molar refractivity (Wildman–Crippen MR) is 62.3 cm³/mol. The Hall–Kier alpha value is -1.22. The van der Waals surface area contributed by atoms with Gasteiger partial charge in [-0.2, -0.15) is 0 Å². The molecular formula is C13H17F2N. The van der Waals surface area contributed by atoms with Crippen LogP contribution in [0.4, 0.5) is 8.78 Å². The van der Waals surface area contributed by atoms with E-state index in [-0.39, 0.29) is 6.04 Å². The molecule has 0 amide bonds. The number of rotatable bonds is 6. The van der Waals surface area contributed by atoms with Crippen molar-refractivity contribution in [2.45, 2.75) is 25.3 Å². The summed E-state index contributed by atoms with van der Waals surface area (Å²) in [5, 5.41) is 3.16. The lowest BCUT2D eigenvalue weighted by Gasteiger charge is -2.15. The van der Waals surface area contributed by atoms with Crippen LogP contribution in [-0.4, -0.2) is 13.1 Å². The Balaban J connectivity index is 2.62. The zero-order valence-corrected chi connectivity index (χ0v) is 9.47. The fourth-order valence-corrected chi connectivity index (χ4v) is 1.62. The first-order valence-electron chi connectivity index (χ1n) is 5.39. The van der Waals surface area contributed by atoms with Gasteiger partial charge in [-0.15, -0.1) is 6.58 Å². The SMILES string of the molecule is C=CCCC(Cc1ccc(F)c(F)c1)NC. The summed E-state index contributed by atoms with van der Waals surface area (Å²) in [6.45, 7) is 3.66. The van der Waals surface area contributed by atoms with Gasteiger partial charge < -0.3 is 5.32 Å². The third kappa shape index (κ3) is 3.74. The number of allylic oxidation sites excluding steroid dienone is 1. The summed E-state index contributed by atoms with van der Waals surface area (Å²) in [6.07, 6.45) is 4.41. The highest BCUT2D eigenvalue weighted by Crippen LogP contribution is 2.12. The van der Waals surface area contributed by atoms with Crippen LogP contribution in [-0.2, 0) is 6.42 Å². The molecule has 0 saturated heterocycles. The molecule has 1 nitrogen and oxygen atoms in total. The molecule has 88 valence electrons. The number of nitrogens with one attached hydrogen (secondary N) is 1. The molecule has 16 heavy (non-hydrogen) atoms. The fourth-order valence-electron chi connectivity index (χ4n) is 1.62. The average molecular weight is 225 g/mol. The van der Waals surface area contributed by atoms with Crippen LogP contribution in [0.1, 0.15) is 18.4 Å². The van der Waals surface area contributed by atoms with Gasteiger partial charge in [0.25, 0.3) is 0 Å². The van der Waals surface area contributed by atoms with Crippen molar-refractivity contribution >= 4 is 0 Å². The zero-order valence-electron chi connectivity index (χ0n) is 9.47. The lowest BCUT2D eigenvalue weighted by atomic mass is 10.0. The molecule has 1 aromatic rings. The van der Waals surface area contributed by atoms with E-state index in [4.69, 9.17) is 0 Å². The van der Waals surface area contributed by atoms with Crippen molar-refractivity contribution in [1.82, 2.24) is 5.32 Å². The van der Waals surface area contributed by atoms with Gasteiger partial charge in [0, 0.05) is 6.04 Å². The summed E-state index contributed by atoms with van der Waals surface area (Å²) in [4.78, 5) is 0. The van der Waals surface area contributed by atoms with Gasteiger partial charge in [0.05, 0.1) is 0 Å². The van der Waals surface area contributed by atoms with Crippen LogP contribution < -0.4 is 5.32 Å². The molecule has 1 aromatic carbocycles. The summed E-state index contributed by atoms with van der Waals surface area (Å²) in [6, 6.07) is 4.32. The highest BCUT2D eigenvalue weighted by Gasteiger charge is 2.08. The Labute approximate surface area is 95.2 Å². The van der Waals surface area contributed by atoms with Gasteiger partial charge in [-0.3, -0.25) is 0 Å². The summed E-state index contributed by atoms with van der Waals surface area (Å²) >= 11 is 0. The van der Waals surface area contributed by atoms with Crippen LogP contribution in [0.25, 0.3) is 0 Å². The first-order valence-corrected chi connectivity index (χ1v) is 5.39. The second kappa shape index (κ2) is 6.38. The smallest absolute Gasteiger partial charge is 0.159 e. The minimum atomic E-state index is -0.796. The summed E-state index contributed by atoms with van der Waals surface area (Å²) in [7, 11) is 1.87.